The average Bonchev–Trinajstić information content (AvgIpc) is 3.79. The van der Waals surface area contributed by atoms with Crippen LogP contribution in [0.3, 0.4) is 0 Å². The van der Waals surface area contributed by atoms with Gasteiger partial charge in [-0.2, -0.15) is 0 Å². The number of ether oxygens (including phenoxy) is 2. The summed E-state index contributed by atoms with van der Waals surface area (Å²) in [6, 6.07) is 36.4. The predicted octanol–water partition coefficient (Wildman–Crippen LogP) is 6.80. The van der Waals surface area contributed by atoms with Crippen LogP contribution in [0.15, 0.2) is 109 Å². The molecule has 0 spiro atoms. The molecule has 0 aliphatic heterocycles. The first-order chi connectivity index (χ1) is 17.7. The first-order valence-electron chi connectivity index (χ1n) is 12.5. The van der Waals surface area contributed by atoms with Crippen molar-refractivity contribution in [3.05, 3.63) is 131 Å². The standard InChI is InChI=1S/C32H31NO3/c1-35-30-21-25(17-20-29(30)36-23-24-11-5-2-6-12-24)22-33(32(34)28-18-19-28)31(26-13-7-3-8-14-26)27-15-9-4-10-16-27/h2-17,20-21,28,31H,18-19,22-23H2,1H3. The van der Waals surface area contributed by atoms with Crippen molar-refractivity contribution in [2.45, 2.75) is 32.0 Å². The lowest BCUT2D eigenvalue weighted by Crippen LogP contribution is -2.36. The van der Waals surface area contributed by atoms with Gasteiger partial charge in [0.05, 0.1) is 13.2 Å². The molecule has 4 aromatic carbocycles. The van der Waals surface area contributed by atoms with E-state index in [2.05, 4.69) is 24.3 Å². The summed E-state index contributed by atoms with van der Waals surface area (Å²) in [5.74, 6) is 1.66. The summed E-state index contributed by atoms with van der Waals surface area (Å²) < 4.78 is 11.7. The van der Waals surface area contributed by atoms with E-state index in [0.717, 1.165) is 35.1 Å². The quantitative estimate of drug-likeness (QED) is 0.252. The maximum absolute atomic E-state index is 13.6. The third-order valence-electron chi connectivity index (χ3n) is 6.57. The second-order valence-electron chi connectivity index (χ2n) is 9.22. The summed E-state index contributed by atoms with van der Waals surface area (Å²) >= 11 is 0. The number of hydrogen-bond acceptors (Lipinski definition) is 3. The van der Waals surface area contributed by atoms with Crippen LogP contribution in [0.25, 0.3) is 0 Å². The zero-order valence-corrected chi connectivity index (χ0v) is 20.5. The van der Waals surface area contributed by atoms with E-state index in [9.17, 15) is 4.79 Å². The Kier molecular flexibility index (Phi) is 7.32. The summed E-state index contributed by atoms with van der Waals surface area (Å²) in [7, 11) is 1.65. The molecule has 0 heterocycles. The lowest BCUT2D eigenvalue weighted by Gasteiger charge is -2.33. The number of carbonyl (C=O) groups is 1. The van der Waals surface area contributed by atoms with Crippen LogP contribution < -0.4 is 9.47 Å². The van der Waals surface area contributed by atoms with Crippen LogP contribution in [0.2, 0.25) is 0 Å². The Hall–Kier alpha value is -4.05. The van der Waals surface area contributed by atoms with Gasteiger partial charge in [0.25, 0.3) is 0 Å². The molecular weight excluding hydrogens is 446 g/mol. The molecule has 1 fully saturated rings. The molecule has 5 rings (SSSR count). The van der Waals surface area contributed by atoms with E-state index < -0.39 is 0 Å². The van der Waals surface area contributed by atoms with Crippen LogP contribution in [0, 0.1) is 5.92 Å². The van der Waals surface area contributed by atoms with Crippen molar-refractivity contribution in [2.24, 2.45) is 5.92 Å². The number of amides is 1. The van der Waals surface area contributed by atoms with Crippen molar-refractivity contribution in [1.82, 2.24) is 4.90 Å². The van der Waals surface area contributed by atoms with Gasteiger partial charge in [-0.05, 0) is 47.2 Å². The fourth-order valence-corrected chi connectivity index (χ4v) is 4.55. The van der Waals surface area contributed by atoms with E-state index >= 15 is 0 Å². The first-order valence-corrected chi connectivity index (χ1v) is 12.5. The minimum atomic E-state index is -0.166. The fraction of sp³-hybridized carbons (Fsp3) is 0.219. The Morgan fingerprint density at radius 1 is 0.778 bits per heavy atom. The van der Waals surface area contributed by atoms with Gasteiger partial charge in [0.15, 0.2) is 11.5 Å². The number of rotatable bonds is 10. The second kappa shape index (κ2) is 11.1. The molecule has 0 atom stereocenters. The minimum absolute atomic E-state index is 0.107. The van der Waals surface area contributed by atoms with Gasteiger partial charge in [-0.25, -0.2) is 0 Å². The predicted molar refractivity (Wildman–Crippen MR) is 142 cm³/mol. The number of hydrogen-bond donors (Lipinski definition) is 0. The van der Waals surface area contributed by atoms with Gasteiger partial charge in [0.2, 0.25) is 5.91 Å². The summed E-state index contributed by atoms with van der Waals surface area (Å²) in [6.45, 7) is 0.950. The molecule has 4 aromatic rings. The Labute approximate surface area is 213 Å². The van der Waals surface area contributed by atoms with E-state index in [1.807, 2.05) is 89.8 Å². The number of methoxy groups -OCH3 is 1. The van der Waals surface area contributed by atoms with Gasteiger partial charge in [-0.1, -0.05) is 97.1 Å². The van der Waals surface area contributed by atoms with Crippen LogP contribution in [0.5, 0.6) is 11.5 Å². The van der Waals surface area contributed by atoms with Gasteiger partial charge in [0.1, 0.15) is 6.61 Å². The summed E-state index contributed by atoms with van der Waals surface area (Å²) in [5.41, 5.74) is 4.31. The molecule has 0 unspecified atom stereocenters. The van der Waals surface area contributed by atoms with Crippen molar-refractivity contribution >= 4 is 5.91 Å². The summed E-state index contributed by atoms with van der Waals surface area (Å²) in [4.78, 5) is 15.7. The van der Waals surface area contributed by atoms with Gasteiger partial charge in [0, 0.05) is 12.5 Å². The maximum atomic E-state index is 13.6. The number of nitrogens with zero attached hydrogens (tertiary/aromatic N) is 1. The van der Waals surface area contributed by atoms with E-state index in [4.69, 9.17) is 9.47 Å². The highest BCUT2D eigenvalue weighted by Crippen LogP contribution is 2.38. The molecule has 0 N–H and O–H groups in total. The molecule has 0 radical (unpaired) electrons. The lowest BCUT2D eigenvalue weighted by molar-refractivity contribution is -0.135. The minimum Gasteiger partial charge on any atom is -0.493 e. The Morgan fingerprint density at radius 2 is 1.36 bits per heavy atom. The molecule has 1 aliphatic carbocycles. The van der Waals surface area contributed by atoms with E-state index in [1.54, 1.807) is 7.11 Å². The average molecular weight is 478 g/mol. The number of benzene rings is 4. The molecule has 0 bridgehead atoms. The summed E-state index contributed by atoms with van der Waals surface area (Å²) in [6.07, 6.45) is 1.92. The topological polar surface area (TPSA) is 38.8 Å². The van der Waals surface area contributed by atoms with Crippen LogP contribution >= 0.6 is 0 Å². The van der Waals surface area contributed by atoms with Crippen LogP contribution in [-0.4, -0.2) is 17.9 Å². The monoisotopic (exact) mass is 477 g/mol. The van der Waals surface area contributed by atoms with Crippen molar-refractivity contribution in [1.29, 1.82) is 0 Å². The molecule has 1 aliphatic rings. The van der Waals surface area contributed by atoms with Crippen LogP contribution in [0.1, 0.15) is 41.1 Å². The van der Waals surface area contributed by atoms with Crippen LogP contribution in [0.4, 0.5) is 0 Å². The highest BCUT2D eigenvalue weighted by atomic mass is 16.5. The van der Waals surface area contributed by atoms with Gasteiger partial charge in [-0.3, -0.25) is 4.79 Å². The SMILES string of the molecule is COc1cc(CN(C(=O)C2CC2)C(c2ccccc2)c2ccccc2)ccc1OCc1ccccc1. The Balaban J connectivity index is 1.44. The second-order valence-corrected chi connectivity index (χ2v) is 9.22. The van der Waals surface area contributed by atoms with Crippen molar-refractivity contribution < 1.29 is 14.3 Å². The molecule has 0 saturated heterocycles. The van der Waals surface area contributed by atoms with Gasteiger partial charge in [-0.15, -0.1) is 0 Å². The Bertz CT molecular complexity index is 1230. The zero-order chi connectivity index (χ0) is 24.7. The molecule has 0 aromatic heterocycles. The molecular formula is C32H31NO3. The lowest BCUT2D eigenvalue weighted by atomic mass is 9.96. The molecule has 4 heteroatoms. The van der Waals surface area contributed by atoms with Crippen molar-refractivity contribution in [3.63, 3.8) is 0 Å². The normalized spacial score (nSPS) is 12.8. The van der Waals surface area contributed by atoms with Crippen LogP contribution in [-0.2, 0) is 17.9 Å². The van der Waals surface area contributed by atoms with Gasteiger partial charge < -0.3 is 14.4 Å². The largest absolute Gasteiger partial charge is 0.493 e. The molecule has 1 saturated carbocycles. The smallest absolute Gasteiger partial charge is 0.226 e. The first kappa shape index (κ1) is 23.7. The third-order valence-corrected chi connectivity index (χ3v) is 6.57. The molecule has 36 heavy (non-hydrogen) atoms. The Morgan fingerprint density at radius 3 is 1.92 bits per heavy atom. The molecule has 4 nitrogen and oxygen atoms in total. The third kappa shape index (κ3) is 5.60. The molecule has 182 valence electrons. The van der Waals surface area contributed by atoms with E-state index in [1.165, 1.54) is 0 Å². The highest BCUT2D eigenvalue weighted by molar-refractivity contribution is 5.82. The fourth-order valence-electron chi connectivity index (χ4n) is 4.55. The van der Waals surface area contributed by atoms with E-state index in [0.29, 0.717) is 24.7 Å². The highest BCUT2D eigenvalue weighted by Gasteiger charge is 2.37. The van der Waals surface area contributed by atoms with Crippen molar-refractivity contribution in [2.75, 3.05) is 7.11 Å². The van der Waals surface area contributed by atoms with E-state index in [-0.39, 0.29) is 17.9 Å². The zero-order valence-electron chi connectivity index (χ0n) is 20.5. The summed E-state index contributed by atoms with van der Waals surface area (Å²) in [5, 5.41) is 0. The maximum Gasteiger partial charge on any atom is 0.226 e. The van der Waals surface area contributed by atoms with Gasteiger partial charge >= 0.3 is 0 Å². The number of carbonyl (C=O) groups excluding carboxylic acids is 1. The van der Waals surface area contributed by atoms with Crippen molar-refractivity contribution in [3.8, 4) is 11.5 Å². The molecule has 1 amide bonds.